The molecule has 1 nitrogen and oxygen atoms in total. The zero-order chi connectivity index (χ0) is 33.3. The number of nitrogens with zero attached hydrogens (tertiary/aromatic N) is 1. The molecule has 0 saturated carbocycles. The van der Waals surface area contributed by atoms with Crippen molar-refractivity contribution < 1.29 is 0 Å². The van der Waals surface area contributed by atoms with Crippen molar-refractivity contribution in [1.82, 2.24) is 4.57 Å². The van der Waals surface area contributed by atoms with Crippen LogP contribution in [0.1, 0.15) is 0 Å². The van der Waals surface area contributed by atoms with Crippen LogP contribution in [0.5, 0.6) is 0 Å². The Morgan fingerprint density at radius 2 is 0.660 bits per heavy atom. The molecule has 9 aromatic rings. The third kappa shape index (κ3) is 5.01. The summed E-state index contributed by atoms with van der Waals surface area (Å²) in [5.74, 6) is 0. The number of para-hydroxylation sites is 1. The summed E-state index contributed by atoms with van der Waals surface area (Å²) in [5, 5.41) is 8.00. The minimum Gasteiger partial charge on any atom is -0.309 e. The molecule has 0 N–H and O–H groups in total. The minimum absolute atomic E-state index is 1.17. The zero-order valence-corrected chi connectivity index (χ0v) is 28.7. The Balaban J connectivity index is 1.36. The summed E-state index contributed by atoms with van der Waals surface area (Å²) in [5.41, 5.74) is 8.50. The van der Waals surface area contributed by atoms with Gasteiger partial charge in [0.25, 0.3) is 0 Å². The van der Waals surface area contributed by atoms with Gasteiger partial charge in [0.2, 0.25) is 0 Å². The molecule has 1 heterocycles. The average Bonchev–Trinajstić information content (AvgIpc) is 3.53. The molecule has 2 heteroatoms. The van der Waals surface area contributed by atoms with Crippen molar-refractivity contribution in [1.29, 1.82) is 0 Å². The molecule has 9 rings (SSSR count). The Kier molecular flexibility index (Phi) is 7.57. The molecule has 0 amide bonds. The summed E-state index contributed by atoms with van der Waals surface area (Å²) in [4.78, 5) is 0. The van der Waals surface area contributed by atoms with Crippen LogP contribution in [0, 0.1) is 0 Å². The zero-order valence-electron chi connectivity index (χ0n) is 27.7. The van der Waals surface area contributed by atoms with Gasteiger partial charge in [0.15, 0.2) is 8.07 Å². The molecule has 236 valence electrons. The van der Waals surface area contributed by atoms with Gasteiger partial charge in [0.05, 0.1) is 11.0 Å². The van der Waals surface area contributed by atoms with Gasteiger partial charge in [-0.25, -0.2) is 0 Å². The summed E-state index contributed by atoms with van der Waals surface area (Å²) in [6.45, 7) is 0. The fourth-order valence-corrected chi connectivity index (χ4v) is 12.6. The average molecular weight is 654 g/mol. The van der Waals surface area contributed by atoms with Gasteiger partial charge in [-0.15, -0.1) is 0 Å². The van der Waals surface area contributed by atoms with Crippen molar-refractivity contribution in [2.75, 3.05) is 0 Å². The normalized spacial score (nSPS) is 11.6. The van der Waals surface area contributed by atoms with Crippen LogP contribution in [0.4, 0.5) is 0 Å². The Morgan fingerprint density at radius 1 is 0.280 bits per heavy atom. The van der Waals surface area contributed by atoms with Gasteiger partial charge in [-0.3, -0.25) is 0 Å². The predicted molar refractivity (Wildman–Crippen MR) is 215 cm³/mol. The standard InChI is InChI=1S/C48H35NSi/c1-6-16-36(17-7-1)38-26-29-43(30-27-38)50(41-22-12-4-13-23-41,42-24-14-5-15-25-42)44-31-33-48-46(35-44)45-34-39(37-18-8-2-9-19-37)28-32-47(45)49(48)40-20-10-3-11-21-40/h1-35H. The first-order valence-corrected chi connectivity index (χ1v) is 19.3. The van der Waals surface area contributed by atoms with Crippen LogP contribution in [-0.2, 0) is 0 Å². The van der Waals surface area contributed by atoms with E-state index >= 15 is 0 Å². The van der Waals surface area contributed by atoms with E-state index in [1.807, 2.05) is 0 Å². The number of hydrogen-bond donors (Lipinski definition) is 0. The molecule has 0 radical (unpaired) electrons. The smallest absolute Gasteiger partial charge is 0.179 e. The number of fused-ring (bicyclic) bond motifs is 3. The van der Waals surface area contributed by atoms with E-state index in [1.165, 1.54) is 70.5 Å². The number of rotatable bonds is 7. The third-order valence-corrected chi connectivity index (χ3v) is 14.9. The topological polar surface area (TPSA) is 4.93 Å². The van der Waals surface area contributed by atoms with Crippen LogP contribution in [0.2, 0.25) is 0 Å². The van der Waals surface area contributed by atoms with Gasteiger partial charge in [-0.2, -0.15) is 0 Å². The van der Waals surface area contributed by atoms with Gasteiger partial charge in [-0.05, 0) is 73.3 Å². The van der Waals surface area contributed by atoms with E-state index in [9.17, 15) is 0 Å². The second kappa shape index (κ2) is 12.7. The Labute approximate surface area is 294 Å². The Bertz CT molecular complexity index is 2500. The highest BCUT2D eigenvalue weighted by atomic mass is 28.3. The molecule has 0 saturated heterocycles. The van der Waals surface area contributed by atoms with E-state index in [2.05, 4.69) is 217 Å². The van der Waals surface area contributed by atoms with Gasteiger partial charge in [0.1, 0.15) is 0 Å². The summed E-state index contributed by atoms with van der Waals surface area (Å²) in [7, 11) is -2.79. The molecule has 0 bridgehead atoms. The monoisotopic (exact) mass is 653 g/mol. The van der Waals surface area contributed by atoms with Crippen LogP contribution < -0.4 is 20.7 Å². The highest BCUT2D eigenvalue weighted by Crippen LogP contribution is 2.35. The second-order valence-corrected chi connectivity index (χ2v) is 16.7. The first kappa shape index (κ1) is 29.9. The fraction of sp³-hybridized carbons (Fsp3) is 0. The quantitative estimate of drug-likeness (QED) is 0.119. The summed E-state index contributed by atoms with van der Waals surface area (Å²) < 4.78 is 2.42. The number of benzene rings is 8. The molecule has 0 aliphatic carbocycles. The van der Waals surface area contributed by atoms with Crippen molar-refractivity contribution in [3.05, 3.63) is 212 Å². The van der Waals surface area contributed by atoms with Gasteiger partial charge in [0, 0.05) is 16.5 Å². The SMILES string of the molecule is c1ccc(-c2ccc([Si](c3ccccc3)(c3ccccc3)c3ccc4c(c3)c3cc(-c5ccccc5)ccc3n4-c3ccccc3)cc2)cc1. The second-order valence-electron chi connectivity index (χ2n) is 12.9. The molecule has 0 atom stereocenters. The minimum atomic E-state index is -2.79. The molecular weight excluding hydrogens is 619 g/mol. The van der Waals surface area contributed by atoms with Gasteiger partial charge in [-0.1, -0.05) is 182 Å². The third-order valence-electron chi connectivity index (χ3n) is 10.2. The van der Waals surface area contributed by atoms with Crippen LogP contribution >= 0.6 is 0 Å². The van der Waals surface area contributed by atoms with E-state index in [-0.39, 0.29) is 0 Å². The molecule has 0 unspecified atom stereocenters. The maximum absolute atomic E-state index is 2.79. The van der Waals surface area contributed by atoms with E-state index in [0.717, 1.165) is 0 Å². The van der Waals surface area contributed by atoms with Crippen molar-refractivity contribution in [3.8, 4) is 27.9 Å². The largest absolute Gasteiger partial charge is 0.309 e. The fourth-order valence-electron chi connectivity index (χ4n) is 7.84. The van der Waals surface area contributed by atoms with E-state index in [4.69, 9.17) is 0 Å². The molecule has 0 spiro atoms. The number of hydrogen-bond acceptors (Lipinski definition) is 0. The number of aromatic nitrogens is 1. The van der Waals surface area contributed by atoms with Crippen LogP contribution in [0.15, 0.2) is 212 Å². The highest BCUT2D eigenvalue weighted by molar-refractivity contribution is 7.20. The van der Waals surface area contributed by atoms with Gasteiger partial charge < -0.3 is 4.57 Å². The highest BCUT2D eigenvalue weighted by Gasteiger charge is 2.41. The van der Waals surface area contributed by atoms with Gasteiger partial charge >= 0.3 is 0 Å². The molecule has 0 fully saturated rings. The first-order chi connectivity index (χ1) is 24.8. The summed E-state index contributed by atoms with van der Waals surface area (Å²) in [6.07, 6.45) is 0. The maximum Gasteiger partial charge on any atom is 0.179 e. The first-order valence-electron chi connectivity index (χ1n) is 17.3. The lowest BCUT2D eigenvalue weighted by atomic mass is 10.0. The lowest BCUT2D eigenvalue weighted by Crippen LogP contribution is -2.74. The molecular formula is C48H35NSi. The van der Waals surface area contributed by atoms with Crippen molar-refractivity contribution in [2.24, 2.45) is 0 Å². The molecule has 0 aliphatic rings. The Morgan fingerprint density at radius 3 is 1.22 bits per heavy atom. The Hall–Kier alpha value is -6.22. The molecule has 8 aromatic carbocycles. The lowest BCUT2D eigenvalue weighted by Gasteiger charge is -2.34. The summed E-state index contributed by atoms with van der Waals surface area (Å²) >= 11 is 0. The predicted octanol–water partition coefficient (Wildman–Crippen LogP) is 9.50. The van der Waals surface area contributed by atoms with Crippen LogP contribution in [0.25, 0.3) is 49.7 Å². The molecule has 1 aromatic heterocycles. The van der Waals surface area contributed by atoms with E-state index in [1.54, 1.807) is 0 Å². The van der Waals surface area contributed by atoms with Crippen molar-refractivity contribution in [2.45, 2.75) is 0 Å². The maximum atomic E-state index is 2.52. The molecule has 50 heavy (non-hydrogen) atoms. The van der Waals surface area contributed by atoms with Crippen LogP contribution in [-0.4, -0.2) is 12.6 Å². The van der Waals surface area contributed by atoms with E-state index in [0.29, 0.717) is 0 Å². The van der Waals surface area contributed by atoms with Crippen molar-refractivity contribution in [3.63, 3.8) is 0 Å². The lowest BCUT2D eigenvalue weighted by molar-refractivity contribution is 1.18. The summed E-state index contributed by atoms with van der Waals surface area (Å²) in [6, 6.07) is 78.2. The van der Waals surface area contributed by atoms with Crippen LogP contribution in [0.3, 0.4) is 0 Å². The van der Waals surface area contributed by atoms with E-state index < -0.39 is 8.07 Å². The molecule has 0 aliphatic heterocycles. The van der Waals surface area contributed by atoms with Crippen molar-refractivity contribution >= 4 is 50.6 Å².